The van der Waals surface area contributed by atoms with Crippen molar-refractivity contribution in [2.24, 2.45) is 10.7 Å². The number of alkyl halides is 1. The molecule has 0 aliphatic carbocycles. The molecule has 0 aliphatic heterocycles. The molecule has 0 aliphatic rings. The number of nitro groups is 2. The van der Waals surface area contributed by atoms with Gasteiger partial charge in [-0.05, 0) is 6.92 Å². The van der Waals surface area contributed by atoms with Crippen LogP contribution in [0.1, 0.15) is 5.56 Å². The zero-order valence-corrected chi connectivity index (χ0v) is 10.0. The van der Waals surface area contributed by atoms with Crippen molar-refractivity contribution in [3.05, 3.63) is 37.9 Å². The Kier molecular flexibility index (Phi) is 4.16. The van der Waals surface area contributed by atoms with Crippen LogP contribution >= 0.6 is 11.6 Å². The Morgan fingerprint density at radius 1 is 1.39 bits per heavy atom. The van der Waals surface area contributed by atoms with Crippen molar-refractivity contribution in [2.45, 2.75) is 6.92 Å². The van der Waals surface area contributed by atoms with Crippen molar-refractivity contribution >= 4 is 34.5 Å². The molecule has 0 aromatic heterocycles. The van der Waals surface area contributed by atoms with E-state index in [1.54, 1.807) is 0 Å². The van der Waals surface area contributed by atoms with Crippen molar-refractivity contribution < 1.29 is 9.85 Å². The Balaban J connectivity index is 3.50. The molecule has 0 spiro atoms. The standard InChI is InChI=1S/C9H9ClN4O4/c1-5-7(12-9(11)4-10)2-6(13(15)16)3-8(5)14(17)18/h2-3H,4H2,1H3,(H2,11,12). The summed E-state index contributed by atoms with van der Waals surface area (Å²) < 4.78 is 0. The van der Waals surface area contributed by atoms with Gasteiger partial charge in [0.1, 0.15) is 5.84 Å². The van der Waals surface area contributed by atoms with Crippen molar-refractivity contribution in [1.82, 2.24) is 0 Å². The summed E-state index contributed by atoms with van der Waals surface area (Å²) in [7, 11) is 0. The highest BCUT2D eigenvalue weighted by atomic mass is 35.5. The van der Waals surface area contributed by atoms with Crippen LogP contribution in [-0.2, 0) is 0 Å². The average Bonchev–Trinajstić information content (AvgIpc) is 2.30. The summed E-state index contributed by atoms with van der Waals surface area (Å²) in [4.78, 5) is 23.8. The Labute approximate surface area is 106 Å². The lowest BCUT2D eigenvalue weighted by molar-refractivity contribution is -0.394. The number of amidine groups is 1. The Morgan fingerprint density at radius 3 is 2.44 bits per heavy atom. The second kappa shape index (κ2) is 5.41. The lowest BCUT2D eigenvalue weighted by Crippen LogP contribution is -2.12. The molecule has 0 amide bonds. The van der Waals surface area contributed by atoms with Gasteiger partial charge in [0.05, 0.1) is 33.0 Å². The molecule has 1 aromatic rings. The first-order valence-electron chi connectivity index (χ1n) is 4.69. The second-order valence-corrected chi connectivity index (χ2v) is 3.63. The number of hydrogen-bond acceptors (Lipinski definition) is 5. The minimum absolute atomic E-state index is 0.0227. The van der Waals surface area contributed by atoms with Crippen LogP contribution in [0, 0.1) is 27.2 Å². The molecule has 0 fully saturated rings. The number of nitro benzene ring substituents is 2. The zero-order valence-electron chi connectivity index (χ0n) is 9.29. The number of aliphatic imine (C=N–C) groups is 1. The first-order valence-corrected chi connectivity index (χ1v) is 5.22. The van der Waals surface area contributed by atoms with E-state index < -0.39 is 15.5 Å². The van der Waals surface area contributed by atoms with Gasteiger partial charge in [-0.25, -0.2) is 4.99 Å². The van der Waals surface area contributed by atoms with Gasteiger partial charge in [0.25, 0.3) is 11.4 Å². The molecule has 0 unspecified atom stereocenters. The molecule has 18 heavy (non-hydrogen) atoms. The smallest absolute Gasteiger partial charge is 0.281 e. The van der Waals surface area contributed by atoms with Crippen LogP contribution in [0.25, 0.3) is 0 Å². The molecule has 8 nitrogen and oxygen atoms in total. The lowest BCUT2D eigenvalue weighted by atomic mass is 10.1. The largest absolute Gasteiger partial charge is 0.386 e. The zero-order chi connectivity index (χ0) is 13.9. The molecule has 9 heteroatoms. The number of nitrogens with two attached hydrogens (primary N) is 1. The number of hydrogen-bond donors (Lipinski definition) is 1. The summed E-state index contributed by atoms with van der Waals surface area (Å²) in [6, 6.07) is 1.99. The Hall–Kier alpha value is -2.22. The van der Waals surface area contributed by atoms with E-state index in [9.17, 15) is 20.2 Å². The first kappa shape index (κ1) is 13.8. The summed E-state index contributed by atoms with van der Waals surface area (Å²) in [6.45, 7) is 1.43. The highest BCUT2D eigenvalue weighted by Gasteiger charge is 2.21. The van der Waals surface area contributed by atoms with Crippen LogP contribution < -0.4 is 5.73 Å². The molecular weight excluding hydrogens is 264 g/mol. The molecular formula is C9H9ClN4O4. The highest BCUT2D eigenvalue weighted by molar-refractivity contribution is 6.28. The fraction of sp³-hybridized carbons (Fsp3) is 0.222. The molecule has 1 rings (SSSR count). The number of benzene rings is 1. The van der Waals surface area contributed by atoms with Gasteiger partial charge in [0, 0.05) is 6.07 Å². The quantitative estimate of drug-likeness (QED) is 0.295. The molecule has 0 saturated heterocycles. The lowest BCUT2D eigenvalue weighted by Gasteiger charge is -2.03. The van der Waals surface area contributed by atoms with Crippen molar-refractivity contribution in [1.29, 1.82) is 0 Å². The maximum atomic E-state index is 10.8. The van der Waals surface area contributed by atoms with Gasteiger partial charge in [-0.1, -0.05) is 0 Å². The normalized spacial score (nSPS) is 11.3. The predicted octanol–water partition coefficient (Wildman–Crippen LogP) is 2.04. The number of nitrogens with zero attached hydrogens (tertiary/aromatic N) is 3. The van der Waals surface area contributed by atoms with Gasteiger partial charge >= 0.3 is 0 Å². The van der Waals surface area contributed by atoms with Crippen molar-refractivity contribution in [3.8, 4) is 0 Å². The van der Waals surface area contributed by atoms with E-state index in [0.29, 0.717) is 0 Å². The predicted molar refractivity (Wildman–Crippen MR) is 66.5 cm³/mol. The second-order valence-electron chi connectivity index (χ2n) is 3.36. The summed E-state index contributed by atoms with van der Waals surface area (Å²) in [6.07, 6.45) is 0. The van der Waals surface area contributed by atoms with Crippen LogP contribution in [0.5, 0.6) is 0 Å². The van der Waals surface area contributed by atoms with E-state index >= 15 is 0 Å². The van der Waals surface area contributed by atoms with E-state index in [1.165, 1.54) is 6.92 Å². The van der Waals surface area contributed by atoms with E-state index in [1.807, 2.05) is 0 Å². The van der Waals surface area contributed by atoms with Gasteiger partial charge in [0.15, 0.2) is 0 Å². The van der Waals surface area contributed by atoms with Gasteiger partial charge in [-0.3, -0.25) is 20.2 Å². The van der Waals surface area contributed by atoms with Gasteiger partial charge in [-0.15, -0.1) is 11.6 Å². The molecule has 0 radical (unpaired) electrons. The fourth-order valence-corrected chi connectivity index (χ4v) is 1.33. The molecule has 0 bridgehead atoms. The van der Waals surface area contributed by atoms with Gasteiger partial charge in [0.2, 0.25) is 0 Å². The minimum Gasteiger partial charge on any atom is -0.386 e. The molecule has 0 saturated carbocycles. The van der Waals surface area contributed by atoms with E-state index in [-0.39, 0.29) is 28.7 Å². The molecule has 96 valence electrons. The fourth-order valence-electron chi connectivity index (χ4n) is 1.27. The maximum Gasteiger partial charge on any atom is 0.281 e. The Morgan fingerprint density at radius 2 is 2.00 bits per heavy atom. The topological polar surface area (TPSA) is 125 Å². The number of non-ortho nitro benzene ring substituents is 1. The van der Waals surface area contributed by atoms with E-state index in [4.69, 9.17) is 17.3 Å². The Bertz CT molecular complexity index is 544. The van der Waals surface area contributed by atoms with E-state index in [2.05, 4.69) is 4.99 Å². The SMILES string of the molecule is Cc1c(N=C(N)CCl)cc([N+](=O)[O-])cc1[N+](=O)[O-]. The third kappa shape index (κ3) is 2.92. The van der Waals surface area contributed by atoms with Crippen LogP contribution in [0.3, 0.4) is 0 Å². The first-order chi connectivity index (χ1) is 8.36. The summed E-state index contributed by atoms with van der Waals surface area (Å²) in [5, 5.41) is 21.5. The summed E-state index contributed by atoms with van der Waals surface area (Å²) in [5.41, 5.74) is 4.86. The van der Waals surface area contributed by atoms with Crippen molar-refractivity contribution in [2.75, 3.05) is 5.88 Å². The molecule has 1 aromatic carbocycles. The third-order valence-electron chi connectivity index (χ3n) is 2.15. The minimum atomic E-state index is -0.734. The maximum absolute atomic E-state index is 10.8. The summed E-state index contributed by atoms with van der Waals surface area (Å²) >= 11 is 5.44. The summed E-state index contributed by atoms with van der Waals surface area (Å²) in [5.74, 6) is -0.0507. The van der Waals surface area contributed by atoms with Crippen LogP contribution in [-0.4, -0.2) is 21.6 Å². The van der Waals surface area contributed by atoms with Crippen LogP contribution in [0.4, 0.5) is 17.1 Å². The third-order valence-corrected chi connectivity index (χ3v) is 2.42. The van der Waals surface area contributed by atoms with Crippen LogP contribution in [0.15, 0.2) is 17.1 Å². The molecule has 0 heterocycles. The monoisotopic (exact) mass is 272 g/mol. The molecule has 2 N–H and O–H groups in total. The highest BCUT2D eigenvalue weighted by Crippen LogP contribution is 2.33. The van der Waals surface area contributed by atoms with Gasteiger partial charge < -0.3 is 5.73 Å². The average molecular weight is 273 g/mol. The number of rotatable bonds is 4. The van der Waals surface area contributed by atoms with Crippen LogP contribution in [0.2, 0.25) is 0 Å². The van der Waals surface area contributed by atoms with Gasteiger partial charge in [-0.2, -0.15) is 0 Å². The van der Waals surface area contributed by atoms with E-state index in [0.717, 1.165) is 12.1 Å². The number of halogens is 1. The van der Waals surface area contributed by atoms with Crippen molar-refractivity contribution in [3.63, 3.8) is 0 Å². The molecule has 0 atom stereocenters.